The smallest absolute Gasteiger partial charge is 0.137 e. The monoisotopic (exact) mass is 262 g/mol. The van der Waals surface area contributed by atoms with Crippen molar-refractivity contribution >= 4 is 22.1 Å². The fourth-order valence-electron chi connectivity index (χ4n) is 2.64. The average Bonchev–Trinajstić information content (AvgIpc) is 3.06. The molecule has 4 aromatic heterocycles. The third-order valence-electron chi connectivity index (χ3n) is 3.65. The van der Waals surface area contributed by atoms with Crippen LogP contribution in [0.15, 0.2) is 49.1 Å². The van der Waals surface area contributed by atoms with Gasteiger partial charge in [-0.3, -0.25) is 4.98 Å². The van der Waals surface area contributed by atoms with Gasteiger partial charge in [-0.05, 0) is 42.3 Å². The summed E-state index contributed by atoms with van der Waals surface area (Å²) in [5, 5.41) is 1.18. The van der Waals surface area contributed by atoms with Gasteiger partial charge in [0, 0.05) is 36.7 Å². The second-order valence-electron chi connectivity index (χ2n) is 5.07. The summed E-state index contributed by atoms with van der Waals surface area (Å²) in [6, 6.07) is 8.39. The molecule has 0 aromatic carbocycles. The maximum Gasteiger partial charge on any atom is 0.137 e. The highest BCUT2D eigenvalue weighted by Crippen LogP contribution is 2.20. The molecule has 0 aliphatic rings. The number of hydrogen-bond donors (Lipinski definition) is 1. The number of H-pyrrole nitrogens is 1. The highest BCUT2D eigenvalue weighted by atomic mass is 15.0. The Labute approximate surface area is 116 Å². The first-order valence-electron chi connectivity index (χ1n) is 6.64. The van der Waals surface area contributed by atoms with Gasteiger partial charge in [-0.15, -0.1) is 0 Å². The molecule has 0 spiro atoms. The molecule has 0 radical (unpaired) electrons. The lowest BCUT2D eigenvalue weighted by molar-refractivity contribution is 0.841. The first kappa shape index (κ1) is 11.2. The number of fused-ring (bicyclic) bond motifs is 2. The molecule has 0 unspecified atom stereocenters. The Morgan fingerprint density at radius 2 is 2.15 bits per heavy atom. The van der Waals surface area contributed by atoms with Gasteiger partial charge < -0.3 is 9.55 Å². The van der Waals surface area contributed by atoms with Crippen molar-refractivity contribution in [2.45, 2.75) is 13.5 Å². The summed E-state index contributed by atoms with van der Waals surface area (Å²) in [5.41, 5.74) is 5.59. The van der Waals surface area contributed by atoms with E-state index in [1.165, 1.54) is 22.0 Å². The van der Waals surface area contributed by atoms with Crippen molar-refractivity contribution in [2.24, 2.45) is 0 Å². The number of pyridine rings is 2. The number of aryl methyl sites for hydroxylation is 1. The molecule has 4 rings (SSSR count). The summed E-state index contributed by atoms with van der Waals surface area (Å²) in [6.07, 6.45) is 7.78. The van der Waals surface area contributed by atoms with E-state index in [9.17, 15) is 0 Å². The SMILES string of the molecule is Cc1cnc2ccn(Cc3ccnc4[nH]ccc34)c2c1. The van der Waals surface area contributed by atoms with Crippen LogP contribution >= 0.6 is 0 Å². The van der Waals surface area contributed by atoms with Gasteiger partial charge in [-0.2, -0.15) is 0 Å². The van der Waals surface area contributed by atoms with E-state index < -0.39 is 0 Å². The molecule has 0 bridgehead atoms. The van der Waals surface area contributed by atoms with E-state index in [0.717, 1.165) is 17.7 Å². The molecule has 0 amide bonds. The molecule has 4 heteroatoms. The van der Waals surface area contributed by atoms with Crippen molar-refractivity contribution < 1.29 is 0 Å². The Balaban J connectivity index is 1.84. The zero-order valence-electron chi connectivity index (χ0n) is 11.2. The van der Waals surface area contributed by atoms with Crippen LogP contribution in [-0.2, 0) is 6.54 Å². The fourth-order valence-corrected chi connectivity index (χ4v) is 2.64. The van der Waals surface area contributed by atoms with E-state index in [0.29, 0.717) is 0 Å². The van der Waals surface area contributed by atoms with Gasteiger partial charge in [0.1, 0.15) is 5.65 Å². The Hall–Kier alpha value is -2.62. The van der Waals surface area contributed by atoms with E-state index in [1.807, 2.05) is 18.6 Å². The van der Waals surface area contributed by atoms with Gasteiger partial charge in [0.25, 0.3) is 0 Å². The second kappa shape index (κ2) is 4.20. The maximum atomic E-state index is 4.46. The highest BCUT2D eigenvalue weighted by molar-refractivity contribution is 5.80. The molecule has 4 aromatic rings. The van der Waals surface area contributed by atoms with E-state index in [4.69, 9.17) is 0 Å². The minimum atomic E-state index is 0.825. The third kappa shape index (κ3) is 1.69. The van der Waals surface area contributed by atoms with Gasteiger partial charge in [-0.25, -0.2) is 4.98 Å². The molecule has 4 nitrogen and oxygen atoms in total. The van der Waals surface area contributed by atoms with Crippen molar-refractivity contribution in [3.63, 3.8) is 0 Å². The van der Waals surface area contributed by atoms with E-state index >= 15 is 0 Å². The molecule has 0 aliphatic carbocycles. The Morgan fingerprint density at radius 3 is 3.10 bits per heavy atom. The molecule has 20 heavy (non-hydrogen) atoms. The number of nitrogens with zero attached hydrogens (tertiary/aromatic N) is 3. The van der Waals surface area contributed by atoms with E-state index in [2.05, 4.69) is 56.9 Å². The van der Waals surface area contributed by atoms with Gasteiger partial charge in [0.2, 0.25) is 0 Å². The van der Waals surface area contributed by atoms with Gasteiger partial charge >= 0.3 is 0 Å². The Morgan fingerprint density at radius 1 is 1.20 bits per heavy atom. The van der Waals surface area contributed by atoms with Crippen LogP contribution in [0.25, 0.3) is 22.1 Å². The van der Waals surface area contributed by atoms with Crippen LogP contribution in [0.4, 0.5) is 0 Å². The molecular weight excluding hydrogens is 248 g/mol. The Kier molecular flexibility index (Phi) is 2.36. The highest BCUT2D eigenvalue weighted by Gasteiger charge is 2.06. The lowest BCUT2D eigenvalue weighted by Crippen LogP contribution is -1.99. The van der Waals surface area contributed by atoms with Gasteiger partial charge in [0.15, 0.2) is 0 Å². The van der Waals surface area contributed by atoms with Crippen LogP contribution in [0.1, 0.15) is 11.1 Å². The van der Waals surface area contributed by atoms with E-state index in [1.54, 1.807) is 0 Å². The zero-order valence-corrected chi connectivity index (χ0v) is 11.2. The summed E-state index contributed by atoms with van der Waals surface area (Å²) in [5.74, 6) is 0. The van der Waals surface area contributed by atoms with Crippen molar-refractivity contribution in [1.82, 2.24) is 19.5 Å². The minimum absolute atomic E-state index is 0.825. The molecule has 0 fully saturated rings. The van der Waals surface area contributed by atoms with Crippen LogP contribution in [0.2, 0.25) is 0 Å². The summed E-state index contributed by atoms with van der Waals surface area (Å²) < 4.78 is 2.23. The van der Waals surface area contributed by atoms with Gasteiger partial charge in [0.05, 0.1) is 11.0 Å². The largest absolute Gasteiger partial charge is 0.346 e. The predicted molar refractivity (Wildman–Crippen MR) is 79.7 cm³/mol. The molecular formula is C16H14N4. The van der Waals surface area contributed by atoms with Crippen LogP contribution in [0, 0.1) is 6.92 Å². The first-order valence-corrected chi connectivity index (χ1v) is 6.64. The standard InChI is InChI=1S/C16H14N4/c1-11-8-15-14(19-9-11)4-7-20(15)10-12-2-5-17-16-13(12)3-6-18-16/h2-9H,10H2,1H3,(H,17,18). The quantitative estimate of drug-likeness (QED) is 0.602. The van der Waals surface area contributed by atoms with Crippen LogP contribution in [-0.4, -0.2) is 19.5 Å². The van der Waals surface area contributed by atoms with Crippen molar-refractivity contribution in [3.8, 4) is 0 Å². The van der Waals surface area contributed by atoms with Gasteiger partial charge in [-0.1, -0.05) is 0 Å². The maximum absolute atomic E-state index is 4.46. The van der Waals surface area contributed by atoms with Crippen LogP contribution in [0.3, 0.4) is 0 Å². The van der Waals surface area contributed by atoms with Crippen LogP contribution < -0.4 is 0 Å². The van der Waals surface area contributed by atoms with Crippen molar-refractivity contribution in [1.29, 1.82) is 0 Å². The topological polar surface area (TPSA) is 46.5 Å². The number of hydrogen-bond acceptors (Lipinski definition) is 2. The summed E-state index contributed by atoms with van der Waals surface area (Å²) in [7, 11) is 0. The average molecular weight is 262 g/mol. The molecule has 0 atom stereocenters. The third-order valence-corrected chi connectivity index (χ3v) is 3.65. The second-order valence-corrected chi connectivity index (χ2v) is 5.07. The molecule has 4 heterocycles. The Bertz CT molecular complexity index is 901. The summed E-state index contributed by atoms with van der Waals surface area (Å²) in [4.78, 5) is 11.9. The lowest BCUT2D eigenvalue weighted by atomic mass is 10.2. The van der Waals surface area contributed by atoms with E-state index in [-0.39, 0.29) is 0 Å². The van der Waals surface area contributed by atoms with Crippen molar-refractivity contribution in [2.75, 3.05) is 0 Å². The summed E-state index contributed by atoms with van der Waals surface area (Å²) >= 11 is 0. The molecule has 1 N–H and O–H groups in total. The number of rotatable bonds is 2. The molecule has 0 aliphatic heterocycles. The lowest BCUT2D eigenvalue weighted by Gasteiger charge is -2.07. The molecule has 98 valence electrons. The normalized spacial score (nSPS) is 11.4. The zero-order chi connectivity index (χ0) is 13.5. The molecule has 0 saturated heterocycles. The predicted octanol–water partition coefficient (Wildman–Crippen LogP) is 3.27. The van der Waals surface area contributed by atoms with Crippen LogP contribution in [0.5, 0.6) is 0 Å². The molecule has 0 saturated carbocycles. The first-order chi connectivity index (χ1) is 9.81. The number of aromatic nitrogens is 4. The number of nitrogens with one attached hydrogen (secondary N) is 1. The fraction of sp³-hybridized carbons (Fsp3) is 0.125. The summed E-state index contributed by atoms with van der Waals surface area (Å²) in [6.45, 7) is 2.89. The minimum Gasteiger partial charge on any atom is -0.346 e. The number of aromatic amines is 1. The van der Waals surface area contributed by atoms with Crippen molar-refractivity contribution in [3.05, 3.63) is 60.2 Å².